The Labute approximate surface area is 116 Å². The maximum absolute atomic E-state index is 10.9. The van der Waals surface area contributed by atoms with E-state index in [9.17, 15) is 5.11 Å². The van der Waals surface area contributed by atoms with Crippen molar-refractivity contribution >= 4 is 22.2 Å². The highest BCUT2D eigenvalue weighted by Gasteiger charge is 2.28. The number of hydrogen-bond acceptors (Lipinski definition) is 3. The first-order valence-corrected chi connectivity index (χ1v) is 7.09. The third-order valence-electron chi connectivity index (χ3n) is 3.47. The van der Waals surface area contributed by atoms with Gasteiger partial charge in [0.25, 0.3) is 0 Å². The molecule has 1 unspecified atom stereocenters. The lowest BCUT2D eigenvalue weighted by atomic mass is 9.91. The van der Waals surface area contributed by atoms with Gasteiger partial charge in [0.1, 0.15) is 5.60 Å². The lowest BCUT2D eigenvalue weighted by Crippen LogP contribution is -2.22. The summed E-state index contributed by atoms with van der Waals surface area (Å²) in [5, 5.41) is 14.0. The van der Waals surface area contributed by atoms with E-state index in [-0.39, 0.29) is 0 Å². The SMILES string of the molecule is Cc1ccsc1C(C)(O)c1ccc2cccnc2c1. The zero-order valence-corrected chi connectivity index (χ0v) is 11.7. The summed E-state index contributed by atoms with van der Waals surface area (Å²) in [4.78, 5) is 5.34. The van der Waals surface area contributed by atoms with E-state index < -0.39 is 5.60 Å². The molecule has 0 aliphatic carbocycles. The topological polar surface area (TPSA) is 33.1 Å². The van der Waals surface area contributed by atoms with Crippen molar-refractivity contribution in [2.24, 2.45) is 0 Å². The number of pyridine rings is 1. The molecule has 0 saturated carbocycles. The van der Waals surface area contributed by atoms with Crippen LogP contribution in [0.1, 0.15) is 22.9 Å². The molecule has 2 nitrogen and oxygen atoms in total. The van der Waals surface area contributed by atoms with Crippen LogP contribution in [0.25, 0.3) is 10.9 Å². The minimum atomic E-state index is -0.968. The molecule has 0 aliphatic heterocycles. The molecule has 0 spiro atoms. The largest absolute Gasteiger partial charge is 0.380 e. The van der Waals surface area contributed by atoms with Crippen molar-refractivity contribution in [1.29, 1.82) is 0 Å². The van der Waals surface area contributed by atoms with Crippen molar-refractivity contribution in [3.05, 3.63) is 64.0 Å². The first kappa shape index (κ1) is 12.3. The van der Waals surface area contributed by atoms with E-state index in [1.165, 1.54) is 0 Å². The molecule has 1 aromatic carbocycles. The molecular formula is C16H15NOS. The fraction of sp³-hybridized carbons (Fsp3) is 0.188. The summed E-state index contributed by atoms with van der Waals surface area (Å²) in [5.41, 5.74) is 1.94. The zero-order valence-electron chi connectivity index (χ0n) is 10.9. The quantitative estimate of drug-likeness (QED) is 0.766. The number of aryl methyl sites for hydroxylation is 1. The predicted octanol–water partition coefficient (Wildman–Crippen LogP) is 3.86. The summed E-state index contributed by atoms with van der Waals surface area (Å²) in [6.45, 7) is 3.87. The Balaban J connectivity index is 2.15. The minimum absolute atomic E-state index is 0.879. The molecular weight excluding hydrogens is 254 g/mol. The third-order valence-corrected chi connectivity index (χ3v) is 4.70. The smallest absolute Gasteiger partial charge is 0.121 e. The molecule has 96 valence electrons. The van der Waals surface area contributed by atoms with Gasteiger partial charge in [0.2, 0.25) is 0 Å². The highest BCUT2D eigenvalue weighted by Crippen LogP contribution is 2.35. The van der Waals surface area contributed by atoms with E-state index in [1.54, 1.807) is 17.5 Å². The van der Waals surface area contributed by atoms with Crippen molar-refractivity contribution < 1.29 is 5.11 Å². The summed E-state index contributed by atoms with van der Waals surface area (Å²) in [5.74, 6) is 0. The van der Waals surface area contributed by atoms with Crippen LogP contribution in [0, 0.1) is 6.92 Å². The summed E-state index contributed by atoms with van der Waals surface area (Å²) in [7, 11) is 0. The van der Waals surface area contributed by atoms with Crippen LogP contribution < -0.4 is 0 Å². The molecule has 1 atom stereocenters. The predicted molar refractivity (Wildman–Crippen MR) is 79.5 cm³/mol. The number of nitrogens with zero attached hydrogens (tertiary/aromatic N) is 1. The van der Waals surface area contributed by atoms with Gasteiger partial charge < -0.3 is 5.11 Å². The first-order chi connectivity index (χ1) is 9.09. The first-order valence-electron chi connectivity index (χ1n) is 6.21. The van der Waals surface area contributed by atoms with E-state index in [2.05, 4.69) is 4.98 Å². The minimum Gasteiger partial charge on any atom is -0.380 e. The van der Waals surface area contributed by atoms with Gasteiger partial charge in [-0.2, -0.15) is 0 Å². The average molecular weight is 269 g/mol. The standard InChI is InChI=1S/C16H15NOS/c1-11-7-9-19-15(11)16(2,18)13-6-5-12-4-3-8-17-14(12)10-13/h3-10,18H,1-2H3. The molecule has 3 rings (SSSR count). The lowest BCUT2D eigenvalue weighted by Gasteiger charge is -2.24. The van der Waals surface area contributed by atoms with Gasteiger partial charge >= 0.3 is 0 Å². The molecule has 3 aromatic rings. The van der Waals surface area contributed by atoms with Crippen LogP contribution in [0.15, 0.2) is 48.0 Å². The fourth-order valence-corrected chi connectivity index (χ4v) is 3.38. The molecule has 1 N–H and O–H groups in total. The van der Waals surface area contributed by atoms with Gasteiger partial charge in [-0.15, -0.1) is 11.3 Å². The Kier molecular flexibility index (Phi) is 2.88. The van der Waals surface area contributed by atoms with Gasteiger partial charge in [-0.05, 0) is 48.6 Å². The molecule has 0 bridgehead atoms. The highest BCUT2D eigenvalue weighted by atomic mass is 32.1. The molecule has 0 fully saturated rings. The second kappa shape index (κ2) is 4.44. The number of aliphatic hydroxyl groups is 1. The Morgan fingerprint density at radius 1 is 1.21 bits per heavy atom. The normalized spacial score (nSPS) is 14.5. The number of aromatic nitrogens is 1. The Morgan fingerprint density at radius 2 is 2.05 bits per heavy atom. The monoisotopic (exact) mass is 269 g/mol. The van der Waals surface area contributed by atoms with Gasteiger partial charge in [-0.1, -0.05) is 18.2 Å². The van der Waals surface area contributed by atoms with Crippen LogP contribution in [-0.2, 0) is 5.60 Å². The molecule has 3 heteroatoms. The van der Waals surface area contributed by atoms with Crippen molar-refractivity contribution in [3.63, 3.8) is 0 Å². The molecule has 0 aliphatic rings. The van der Waals surface area contributed by atoms with Crippen LogP contribution in [0.3, 0.4) is 0 Å². The van der Waals surface area contributed by atoms with Crippen LogP contribution in [0.2, 0.25) is 0 Å². The Morgan fingerprint density at radius 3 is 2.79 bits per heavy atom. The van der Waals surface area contributed by atoms with Crippen molar-refractivity contribution in [1.82, 2.24) is 4.98 Å². The molecule has 19 heavy (non-hydrogen) atoms. The highest BCUT2D eigenvalue weighted by molar-refractivity contribution is 7.10. The van der Waals surface area contributed by atoms with Gasteiger partial charge in [0.05, 0.1) is 5.52 Å². The second-order valence-electron chi connectivity index (χ2n) is 4.92. The van der Waals surface area contributed by atoms with Crippen LogP contribution in [0.5, 0.6) is 0 Å². The van der Waals surface area contributed by atoms with Gasteiger partial charge in [0, 0.05) is 16.5 Å². The Hall–Kier alpha value is -1.71. The summed E-state index contributed by atoms with van der Waals surface area (Å²) < 4.78 is 0. The van der Waals surface area contributed by atoms with Crippen LogP contribution in [-0.4, -0.2) is 10.1 Å². The summed E-state index contributed by atoms with van der Waals surface area (Å²) in [6, 6.07) is 11.9. The molecule has 0 saturated heterocycles. The number of thiophene rings is 1. The van der Waals surface area contributed by atoms with E-state index in [4.69, 9.17) is 0 Å². The summed E-state index contributed by atoms with van der Waals surface area (Å²) >= 11 is 1.59. The van der Waals surface area contributed by atoms with Gasteiger partial charge in [-0.25, -0.2) is 0 Å². The zero-order chi connectivity index (χ0) is 13.5. The fourth-order valence-electron chi connectivity index (χ4n) is 2.37. The second-order valence-corrected chi connectivity index (χ2v) is 5.83. The molecule has 0 amide bonds. The van der Waals surface area contributed by atoms with Gasteiger partial charge in [0.15, 0.2) is 0 Å². The number of benzene rings is 1. The summed E-state index contributed by atoms with van der Waals surface area (Å²) in [6.07, 6.45) is 1.78. The third kappa shape index (κ3) is 2.05. The molecule has 0 radical (unpaired) electrons. The van der Waals surface area contributed by atoms with Crippen LogP contribution in [0.4, 0.5) is 0 Å². The lowest BCUT2D eigenvalue weighted by molar-refractivity contribution is 0.106. The number of fused-ring (bicyclic) bond motifs is 1. The van der Waals surface area contributed by atoms with Gasteiger partial charge in [-0.3, -0.25) is 4.98 Å². The van der Waals surface area contributed by atoms with Crippen molar-refractivity contribution in [3.8, 4) is 0 Å². The van der Waals surface area contributed by atoms with E-state index >= 15 is 0 Å². The van der Waals surface area contributed by atoms with Crippen molar-refractivity contribution in [2.75, 3.05) is 0 Å². The maximum Gasteiger partial charge on any atom is 0.121 e. The molecule has 2 heterocycles. The van der Waals surface area contributed by atoms with E-state index in [0.29, 0.717) is 0 Å². The Bertz CT molecular complexity index is 730. The molecule has 2 aromatic heterocycles. The van der Waals surface area contributed by atoms with E-state index in [0.717, 1.165) is 26.9 Å². The number of rotatable bonds is 2. The number of hydrogen-bond donors (Lipinski definition) is 1. The average Bonchev–Trinajstić information content (AvgIpc) is 2.85. The van der Waals surface area contributed by atoms with Crippen molar-refractivity contribution in [2.45, 2.75) is 19.4 Å². The van der Waals surface area contributed by atoms with Crippen LogP contribution >= 0.6 is 11.3 Å². The van der Waals surface area contributed by atoms with E-state index in [1.807, 2.05) is 55.6 Å². The maximum atomic E-state index is 10.9.